The minimum absolute atomic E-state index is 2.52. The molecule has 0 heterocycles. The molecule has 0 aliphatic heterocycles. The van der Waals surface area contributed by atoms with Crippen LogP contribution in [0.1, 0.15) is 0 Å². The highest BCUT2D eigenvalue weighted by Crippen LogP contribution is 2.58. The average Bonchev–Trinajstić information content (AvgIpc) is 2.34. The molecule has 0 aliphatic carbocycles. The normalized spacial score (nSPS) is 16.0. The third-order valence-electron chi connectivity index (χ3n) is 2.34. The Labute approximate surface area is 123 Å². The summed E-state index contributed by atoms with van der Waals surface area (Å²) in [7, 11) is -6.49. The van der Waals surface area contributed by atoms with E-state index in [0.717, 1.165) is 0 Å². The van der Waals surface area contributed by atoms with Gasteiger partial charge in [-0.05, 0) is 0 Å². The Morgan fingerprint density at radius 2 is 1.17 bits per heavy atom. The molecule has 0 bridgehead atoms. The fourth-order valence-electron chi connectivity index (χ4n) is 1.02. The zero-order chi connectivity index (χ0) is 20.0. The maximum Gasteiger partial charge on any atom is 0.384 e. The average molecular weight is 410 g/mol. The van der Waals surface area contributed by atoms with Crippen LogP contribution in [0.15, 0.2) is 0 Å². The monoisotopic (exact) mass is 410 g/mol. The molecule has 0 fully saturated rings. The van der Waals surface area contributed by atoms with Crippen molar-refractivity contribution in [1.82, 2.24) is 0 Å². The van der Waals surface area contributed by atoms with Crippen molar-refractivity contribution in [2.24, 2.45) is 0 Å². The van der Waals surface area contributed by atoms with Crippen molar-refractivity contribution in [1.29, 1.82) is 0 Å². The van der Waals surface area contributed by atoms with E-state index < -0.39 is 50.5 Å². The van der Waals surface area contributed by atoms with Gasteiger partial charge in [0.05, 0.1) is 7.82 Å². The summed E-state index contributed by atoms with van der Waals surface area (Å²) in [4.78, 5) is 19.6. The number of hydrogen-bond donors (Lipinski definition) is 0. The summed E-state index contributed by atoms with van der Waals surface area (Å²) < 4.78 is 163. The zero-order valence-corrected chi connectivity index (χ0v) is 11.3. The summed E-state index contributed by atoms with van der Waals surface area (Å²) in [5.41, 5.74) is 0. The second kappa shape index (κ2) is 6.21. The van der Waals surface area contributed by atoms with Gasteiger partial charge in [0, 0.05) is 0 Å². The van der Waals surface area contributed by atoms with Crippen LogP contribution in [-0.4, -0.2) is 42.6 Å². The summed E-state index contributed by atoms with van der Waals surface area (Å²) in [5, 5.41) is 0. The standard InChI is InChI=1S/C7H5F12O4P/c8-2(9)4(12,13)6(16,17)7(18,19)5(14,15)3(10,11)1-23-24(20,21)22/h2H,1H2,(H2,20,21,22)/p-2. The van der Waals surface area contributed by atoms with Gasteiger partial charge in [-0.1, -0.05) is 0 Å². The van der Waals surface area contributed by atoms with Gasteiger partial charge in [0.1, 0.15) is 6.61 Å². The van der Waals surface area contributed by atoms with Gasteiger partial charge in [-0.15, -0.1) is 0 Å². The van der Waals surface area contributed by atoms with Crippen molar-refractivity contribution in [3.63, 3.8) is 0 Å². The van der Waals surface area contributed by atoms with E-state index in [1.54, 1.807) is 0 Å². The number of phosphoric acid groups is 1. The van der Waals surface area contributed by atoms with Crippen LogP contribution in [0.4, 0.5) is 52.7 Å². The molecule has 0 unspecified atom stereocenters. The molecule has 0 saturated carbocycles. The van der Waals surface area contributed by atoms with Gasteiger partial charge in [0.15, 0.2) is 0 Å². The van der Waals surface area contributed by atoms with Crippen LogP contribution < -0.4 is 9.79 Å². The van der Waals surface area contributed by atoms with Crippen molar-refractivity contribution in [3.8, 4) is 0 Å². The lowest BCUT2D eigenvalue weighted by molar-refractivity contribution is -0.416. The van der Waals surface area contributed by atoms with Gasteiger partial charge in [-0.3, -0.25) is 0 Å². The lowest BCUT2D eigenvalue weighted by atomic mass is 9.95. The maximum absolute atomic E-state index is 12.9. The summed E-state index contributed by atoms with van der Waals surface area (Å²) in [6.45, 7) is -3.43. The van der Waals surface area contributed by atoms with E-state index in [2.05, 4.69) is 4.52 Å². The summed E-state index contributed by atoms with van der Waals surface area (Å²) in [5.74, 6) is -36.8. The summed E-state index contributed by atoms with van der Waals surface area (Å²) in [6.07, 6.45) is -5.65. The molecule has 0 saturated heterocycles. The Kier molecular flexibility index (Phi) is 6.02. The van der Waals surface area contributed by atoms with Gasteiger partial charge < -0.3 is 18.9 Å². The van der Waals surface area contributed by atoms with Crippen molar-refractivity contribution in [3.05, 3.63) is 0 Å². The van der Waals surface area contributed by atoms with Gasteiger partial charge in [-0.25, -0.2) is 8.78 Å². The SMILES string of the molecule is O=P([O-])([O-])OCC(F)(F)C(F)(F)C(F)(F)C(F)(F)C(F)(F)C(F)F. The van der Waals surface area contributed by atoms with E-state index in [-0.39, 0.29) is 0 Å². The first-order valence-electron chi connectivity index (χ1n) is 4.99. The van der Waals surface area contributed by atoms with E-state index in [1.165, 1.54) is 0 Å². The molecule has 0 N–H and O–H groups in total. The van der Waals surface area contributed by atoms with Crippen molar-refractivity contribution in [2.75, 3.05) is 6.61 Å². The van der Waals surface area contributed by atoms with Crippen molar-refractivity contribution >= 4 is 7.82 Å². The Bertz CT molecular complexity index is 500. The first-order chi connectivity index (χ1) is 10.2. The van der Waals surface area contributed by atoms with Gasteiger partial charge >= 0.3 is 36.0 Å². The molecule has 0 atom stereocenters. The van der Waals surface area contributed by atoms with E-state index >= 15 is 0 Å². The largest absolute Gasteiger partial charge is 0.790 e. The first kappa shape index (κ1) is 23.3. The molecule has 0 rings (SSSR count). The molecule has 0 aromatic rings. The molecule has 4 nitrogen and oxygen atoms in total. The zero-order valence-electron chi connectivity index (χ0n) is 10.4. The van der Waals surface area contributed by atoms with Crippen molar-refractivity contribution < 1.29 is 71.6 Å². The smallest absolute Gasteiger partial charge is 0.384 e. The highest BCUT2D eigenvalue weighted by Gasteiger charge is 2.87. The third kappa shape index (κ3) is 3.75. The highest BCUT2D eigenvalue weighted by molar-refractivity contribution is 7.43. The summed E-state index contributed by atoms with van der Waals surface area (Å²) >= 11 is 0. The lowest BCUT2D eigenvalue weighted by Crippen LogP contribution is -2.69. The topological polar surface area (TPSA) is 72.4 Å². The molecule has 0 aromatic carbocycles. The molecular weight excluding hydrogens is 407 g/mol. The van der Waals surface area contributed by atoms with Gasteiger partial charge in [0.25, 0.3) is 0 Å². The van der Waals surface area contributed by atoms with Crippen LogP contribution in [0, 0.1) is 0 Å². The van der Waals surface area contributed by atoms with Crippen molar-refractivity contribution in [2.45, 2.75) is 36.0 Å². The molecule has 0 amide bonds. The quantitative estimate of drug-likeness (QED) is 0.455. The third-order valence-corrected chi connectivity index (χ3v) is 2.79. The van der Waals surface area contributed by atoms with Gasteiger partial charge in [-0.2, -0.15) is 43.9 Å². The van der Waals surface area contributed by atoms with E-state index in [9.17, 15) is 67.0 Å². The molecule has 0 radical (unpaired) electrons. The molecule has 24 heavy (non-hydrogen) atoms. The fraction of sp³-hybridized carbons (Fsp3) is 1.00. The van der Waals surface area contributed by atoms with Crippen LogP contribution in [-0.2, 0) is 9.09 Å². The van der Waals surface area contributed by atoms with Crippen LogP contribution in [0.3, 0.4) is 0 Å². The lowest BCUT2D eigenvalue weighted by Gasteiger charge is -2.40. The van der Waals surface area contributed by atoms with Crippen LogP contribution in [0.2, 0.25) is 0 Å². The highest BCUT2D eigenvalue weighted by atomic mass is 31.2. The number of hydrogen-bond acceptors (Lipinski definition) is 4. The number of rotatable bonds is 8. The Balaban J connectivity index is 5.93. The molecule has 0 aliphatic rings. The maximum atomic E-state index is 12.9. The Morgan fingerprint density at radius 1 is 0.792 bits per heavy atom. The predicted octanol–water partition coefficient (Wildman–Crippen LogP) is 2.27. The molecule has 146 valence electrons. The second-order valence-electron chi connectivity index (χ2n) is 4.07. The molecular formula is C7H3F12O4P-2. The number of phosphoric ester groups is 1. The molecule has 0 aromatic heterocycles. The minimum Gasteiger partial charge on any atom is -0.790 e. The second-order valence-corrected chi connectivity index (χ2v) is 5.22. The van der Waals surface area contributed by atoms with Crippen LogP contribution in [0.25, 0.3) is 0 Å². The fourth-order valence-corrected chi connectivity index (χ4v) is 1.34. The molecule has 17 heteroatoms. The number of halogens is 12. The van der Waals surface area contributed by atoms with E-state index in [0.29, 0.717) is 0 Å². The van der Waals surface area contributed by atoms with Crippen LogP contribution in [0.5, 0.6) is 0 Å². The predicted molar refractivity (Wildman–Crippen MR) is 44.3 cm³/mol. The minimum atomic E-state index is -7.80. The van der Waals surface area contributed by atoms with E-state index in [1.807, 2.05) is 0 Å². The van der Waals surface area contributed by atoms with Gasteiger partial charge in [0.2, 0.25) is 0 Å². The number of alkyl halides is 12. The molecule has 0 spiro atoms. The Morgan fingerprint density at radius 3 is 1.46 bits per heavy atom. The Hall–Kier alpha value is -0.730. The summed E-state index contributed by atoms with van der Waals surface area (Å²) in [6, 6.07) is 0. The van der Waals surface area contributed by atoms with Crippen LogP contribution >= 0.6 is 7.82 Å². The first-order valence-corrected chi connectivity index (χ1v) is 6.45. The van der Waals surface area contributed by atoms with E-state index in [4.69, 9.17) is 0 Å².